The molecule has 0 saturated heterocycles. The van der Waals surface area contributed by atoms with Gasteiger partial charge in [-0.1, -0.05) is 12.1 Å². The molecule has 0 aliphatic carbocycles. The largest absolute Gasteiger partial charge is 1.00 e. The molecule has 1 aromatic rings. The van der Waals surface area contributed by atoms with Crippen molar-refractivity contribution in [1.82, 2.24) is 0 Å². The van der Waals surface area contributed by atoms with Crippen LogP contribution in [0, 0.1) is 0 Å². The second kappa shape index (κ2) is 6.42. The predicted molar refractivity (Wildman–Crippen MR) is 46.3 cm³/mol. The molecule has 0 spiro atoms. The third-order valence-electron chi connectivity index (χ3n) is 1.40. The van der Waals surface area contributed by atoms with E-state index in [2.05, 4.69) is 4.65 Å². The summed E-state index contributed by atoms with van der Waals surface area (Å²) in [4.78, 5) is 0. The van der Waals surface area contributed by atoms with Crippen LogP contribution in [0.3, 0.4) is 0 Å². The van der Waals surface area contributed by atoms with E-state index >= 15 is 0 Å². The van der Waals surface area contributed by atoms with Gasteiger partial charge in [-0.3, -0.25) is 0 Å². The van der Waals surface area contributed by atoms with Crippen LogP contribution in [0.25, 0.3) is 0 Å². The summed E-state index contributed by atoms with van der Waals surface area (Å²) in [5, 5.41) is 16.9. The van der Waals surface area contributed by atoms with Crippen molar-refractivity contribution in [2.24, 2.45) is 5.73 Å². The molecule has 0 unspecified atom stereocenters. The minimum absolute atomic E-state index is 0. The van der Waals surface area contributed by atoms with Crippen LogP contribution in [0.4, 0.5) is 0 Å². The summed E-state index contributed by atoms with van der Waals surface area (Å²) >= 11 is 0. The van der Waals surface area contributed by atoms with Crippen LogP contribution < -0.4 is 39.9 Å². The average molecular weight is 191 g/mol. The molecule has 0 aliphatic rings. The van der Waals surface area contributed by atoms with Gasteiger partial charge in [-0.15, -0.1) is 0 Å². The molecule has 0 radical (unpaired) electrons. The van der Waals surface area contributed by atoms with Crippen molar-refractivity contribution in [2.45, 2.75) is 6.54 Å². The summed E-state index contributed by atoms with van der Waals surface area (Å²) in [5.74, 6) is 0.405. The minimum Gasteiger partial charge on any atom is -1.00 e. The number of benzene rings is 1. The molecule has 0 aromatic heterocycles. The Morgan fingerprint density at radius 1 is 1.31 bits per heavy atom. The number of hydrogen-bond acceptors (Lipinski definition) is 4. The van der Waals surface area contributed by atoms with Gasteiger partial charge >= 0.3 is 36.9 Å². The molecule has 1 aromatic carbocycles. The first-order valence-corrected chi connectivity index (χ1v) is 3.54. The van der Waals surface area contributed by atoms with Gasteiger partial charge in [0.25, 0.3) is 0 Å². The normalized spacial score (nSPS) is 8.85. The summed E-state index contributed by atoms with van der Waals surface area (Å²) < 4.78 is 4.58. The maximum absolute atomic E-state index is 8.44. The van der Waals surface area contributed by atoms with Gasteiger partial charge in [0.2, 0.25) is 0 Å². The van der Waals surface area contributed by atoms with E-state index in [4.69, 9.17) is 15.8 Å². The molecule has 6 heteroatoms. The molecule has 0 fully saturated rings. The molecule has 0 heterocycles. The monoisotopic (exact) mass is 191 g/mol. The molecular formula is C7H11BNNaO3. The summed E-state index contributed by atoms with van der Waals surface area (Å²) in [6.07, 6.45) is 0. The van der Waals surface area contributed by atoms with E-state index in [1.807, 2.05) is 0 Å². The molecule has 66 valence electrons. The van der Waals surface area contributed by atoms with Crippen LogP contribution in [-0.2, 0) is 6.54 Å². The van der Waals surface area contributed by atoms with Crippen LogP contribution in [0.1, 0.15) is 6.99 Å². The Morgan fingerprint density at radius 2 is 1.85 bits per heavy atom. The summed E-state index contributed by atoms with van der Waals surface area (Å²) in [5.41, 5.74) is 6.33. The van der Waals surface area contributed by atoms with Crippen molar-refractivity contribution >= 4 is 7.32 Å². The zero-order chi connectivity index (χ0) is 8.97. The zero-order valence-electron chi connectivity index (χ0n) is 8.47. The third kappa shape index (κ3) is 4.66. The van der Waals surface area contributed by atoms with Crippen LogP contribution >= 0.6 is 0 Å². The first kappa shape index (κ1) is 13.0. The molecule has 0 aliphatic heterocycles. The fourth-order valence-electron chi connectivity index (χ4n) is 0.826. The Kier molecular flexibility index (Phi) is 6.41. The quantitative estimate of drug-likeness (QED) is 0.435. The Balaban J connectivity index is 0. The maximum atomic E-state index is 8.44. The molecule has 0 saturated carbocycles. The van der Waals surface area contributed by atoms with Crippen LogP contribution in [0.5, 0.6) is 5.75 Å². The average Bonchev–Trinajstić information content (AvgIpc) is 2.05. The molecule has 4 nitrogen and oxygen atoms in total. The van der Waals surface area contributed by atoms with Gasteiger partial charge in [-0.25, -0.2) is 0 Å². The smallest absolute Gasteiger partial charge is 1.00 e. The topological polar surface area (TPSA) is 75.7 Å². The van der Waals surface area contributed by atoms with E-state index in [1.54, 1.807) is 24.3 Å². The molecular weight excluding hydrogens is 180 g/mol. The summed E-state index contributed by atoms with van der Waals surface area (Å²) in [6.45, 7) is 0.460. The van der Waals surface area contributed by atoms with E-state index < -0.39 is 7.32 Å². The van der Waals surface area contributed by atoms with Gasteiger partial charge < -0.3 is 21.9 Å². The number of rotatable bonds is 3. The predicted octanol–water partition coefficient (Wildman–Crippen LogP) is -3.39. The number of nitrogens with two attached hydrogens (primary N) is 1. The summed E-state index contributed by atoms with van der Waals surface area (Å²) in [7, 11) is -1.77. The minimum atomic E-state index is -1.77. The molecule has 4 N–H and O–H groups in total. The fourth-order valence-corrected chi connectivity index (χ4v) is 0.826. The zero-order valence-corrected chi connectivity index (χ0v) is 9.47. The molecule has 0 amide bonds. The van der Waals surface area contributed by atoms with Gasteiger partial charge in [0.1, 0.15) is 5.75 Å². The van der Waals surface area contributed by atoms with Gasteiger partial charge in [-0.05, 0) is 17.7 Å². The number of hydrogen-bond donors (Lipinski definition) is 3. The van der Waals surface area contributed by atoms with Crippen LogP contribution in [-0.4, -0.2) is 17.4 Å². The Bertz CT molecular complexity index is 247. The summed E-state index contributed by atoms with van der Waals surface area (Å²) in [6, 6.07) is 6.78. The molecule has 0 atom stereocenters. The van der Waals surface area contributed by atoms with Gasteiger partial charge in [-0.2, -0.15) is 0 Å². The standard InChI is InChI=1S/C7H10BNO3.Na.H/c9-5-6-1-3-7(4-2-6)12-8(10)11;;/h1-4,10-11H,5,9H2;;/q;+1;-1. The fraction of sp³-hybridized carbons (Fsp3) is 0.143. The van der Waals surface area contributed by atoms with Crippen molar-refractivity contribution < 1.29 is 45.7 Å². The molecule has 0 bridgehead atoms. The molecule has 1 rings (SSSR count). The van der Waals surface area contributed by atoms with E-state index in [9.17, 15) is 0 Å². The van der Waals surface area contributed by atoms with Crippen molar-refractivity contribution in [3.05, 3.63) is 29.8 Å². The van der Waals surface area contributed by atoms with Crippen LogP contribution in [0.2, 0.25) is 0 Å². The second-order valence-electron chi connectivity index (χ2n) is 2.29. The maximum Gasteiger partial charge on any atom is 1.00 e. The van der Waals surface area contributed by atoms with Crippen molar-refractivity contribution in [2.75, 3.05) is 0 Å². The van der Waals surface area contributed by atoms with E-state index in [0.717, 1.165) is 5.56 Å². The Labute approximate surface area is 101 Å². The molecule has 13 heavy (non-hydrogen) atoms. The van der Waals surface area contributed by atoms with Crippen molar-refractivity contribution in [1.29, 1.82) is 0 Å². The van der Waals surface area contributed by atoms with Crippen molar-refractivity contribution in [3.63, 3.8) is 0 Å². The van der Waals surface area contributed by atoms with E-state index in [0.29, 0.717) is 12.3 Å². The second-order valence-corrected chi connectivity index (χ2v) is 2.29. The Morgan fingerprint density at radius 3 is 2.23 bits per heavy atom. The van der Waals surface area contributed by atoms with E-state index in [-0.39, 0.29) is 31.0 Å². The van der Waals surface area contributed by atoms with Crippen LogP contribution in [0.15, 0.2) is 24.3 Å². The Hall–Kier alpha value is -0.0351. The van der Waals surface area contributed by atoms with E-state index in [1.165, 1.54) is 0 Å². The van der Waals surface area contributed by atoms with Gasteiger partial charge in [0, 0.05) is 6.54 Å². The first-order chi connectivity index (χ1) is 5.72. The SMILES string of the molecule is NCc1ccc(OB(O)O)cc1.[H-].[Na+]. The van der Waals surface area contributed by atoms with Crippen molar-refractivity contribution in [3.8, 4) is 5.75 Å². The van der Waals surface area contributed by atoms with Gasteiger partial charge in [0.15, 0.2) is 0 Å². The van der Waals surface area contributed by atoms with Gasteiger partial charge in [0.05, 0.1) is 0 Å². The third-order valence-corrected chi connectivity index (χ3v) is 1.40. The first-order valence-electron chi connectivity index (χ1n) is 3.54.